The summed E-state index contributed by atoms with van der Waals surface area (Å²) in [4.78, 5) is 11.5. The summed E-state index contributed by atoms with van der Waals surface area (Å²) in [6.45, 7) is 7.77. The molecule has 3 nitrogen and oxygen atoms in total. The van der Waals surface area contributed by atoms with Gasteiger partial charge in [0, 0.05) is 6.54 Å². The van der Waals surface area contributed by atoms with E-state index in [4.69, 9.17) is 0 Å². The van der Waals surface area contributed by atoms with Crippen LogP contribution in [0.15, 0.2) is 0 Å². The lowest BCUT2D eigenvalue weighted by Gasteiger charge is -2.14. The summed E-state index contributed by atoms with van der Waals surface area (Å²) in [6, 6.07) is -0.0781. The maximum Gasteiger partial charge on any atom is 0.236 e. The van der Waals surface area contributed by atoms with Crippen LogP contribution in [-0.4, -0.2) is 37.0 Å². The fourth-order valence-corrected chi connectivity index (χ4v) is 1.52. The monoisotopic (exact) mass is 232 g/mol. The Hall–Kier alpha value is -0.220. The first-order valence-electron chi connectivity index (χ1n) is 5.58. The van der Waals surface area contributed by atoms with Crippen LogP contribution in [0.2, 0.25) is 0 Å². The first-order chi connectivity index (χ1) is 7.07. The Kier molecular flexibility index (Phi) is 8.91. The number of rotatable bonds is 8. The van der Waals surface area contributed by atoms with Gasteiger partial charge in [-0.15, -0.1) is 0 Å². The highest BCUT2D eigenvalue weighted by Crippen LogP contribution is 1.94. The molecule has 0 aliphatic carbocycles. The van der Waals surface area contributed by atoms with Crippen LogP contribution >= 0.6 is 11.8 Å². The van der Waals surface area contributed by atoms with E-state index in [1.807, 2.05) is 18.7 Å². The molecule has 0 spiro atoms. The second-order valence-electron chi connectivity index (χ2n) is 4.16. The van der Waals surface area contributed by atoms with Crippen molar-refractivity contribution in [1.29, 1.82) is 0 Å². The molecule has 15 heavy (non-hydrogen) atoms. The van der Waals surface area contributed by atoms with Gasteiger partial charge in [0.1, 0.15) is 0 Å². The van der Waals surface area contributed by atoms with Crippen molar-refractivity contribution in [3.05, 3.63) is 0 Å². The lowest BCUT2D eigenvalue weighted by Crippen LogP contribution is -2.43. The highest BCUT2D eigenvalue weighted by atomic mass is 32.2. The zero-order valence-corrected chi connectivity index (χ0v) is 11.1. The van der Waals surface area contributed by atoms with Crippen LogP contribution < -0.4 is 10.6 Å². The van der Waals surface area contributed by atoms with Crippen molar-refractivity contribution in [3.8, 4) is 0 Å². The number of carbonyl (C=O) groups is 1. The SMILES string of the molecule is CSCCCNC(C)C(=O)NCC(C)C. The van der Waals surface area contributed by atoms with Crippen molar-refractivity contribution < 1.29 is 4.79 Å². The Labute approximate surface area is 97.8 Å². The minimum atomic E-state index is -0.0781. The predicted molar refractivity (Wildman–Crippen MR) is 68.3 cm³/mol. The largest absolute Gasteiger partial charge is 0.354 e. The Morgan fingerprint density at radius 2 is 2.00 bits per heavy atom. The van der Waals surface area contributed by atoms with Gasteiger partial charge < -0.3 is 10.6 Å². The topological polar surface area (TPSA) is 41.1 Å². The van der Waals surface area contributed by atoms with E-state index in [2.05, 4.69) is 30.7 Å². The molecule has 0 aromatic carbocycles. The van der Waals surface area contributed by atoms with E-state index in [1.165, 1.54) is 0 Å². The van der Waals surface area contributed by atoms with E-state index in [9.17, 15) is 4.79 Å². The van der Waals surface area contributed by atoms with Crippen LogP contribution in [0, 0.1) is 5.92 Å². The lowest BCUT2D eigenvalue weighted by molar-refractivity contribution is -0.122. The van der Waals surface area contributed by atoms with E-state index in [1.54, 1.807) is 0 Å². The molecule has 0 radical (unpaired) electrons. The van der Waals surface area contributed by atoms with Crippen LogP contribution in [0.25, 0.3) is 0 Å². The van der Waals surface area contributed by atoms with Gasteiger partial charge in [-0.2, -0.15) is 11.8 Å². The zero-order chi connectivity index (χ0) is 11.7. The second kappa shape index (κ2) is 9.04. The average Bonchev–Trinajstić information content (AvgIpc) is 2.20. The van der Waals surface area contributed by atoms with E-state index >= 15 is 0 Å². The maximum absolute atomic E-state index is 11.5. The number of hydrogen-bond donors (Lipinski definition) is 2. The minimum Gasteiger partial charge on any atom is -0.354 e. The molecule has 0 saturated heterocycles. The molecule has 0 fully saturated rings. The zero-order valence-electron chi connectivity index (χ0n) is 10.3. The van der Waals surface area contributed by atoms with E-state index in [0.29, 0.717) is 5.92 Å². The molecule has 0 bridgehead atoms. The standard InChI is InChI=1S/C11H24N2OS/c1-9(2)8-13-11(14)10(3)12-6-5-7-15-4/h9-10,12H,5-8H2,1-4H3,(H,13,14). The van der Waals surface area contributed by atoms with Crippen molar-refractivity contribution >= 4 is 17.7 Å². The second-order valence-corrected chi connectivity index (χ2v) is 5.15. The molecular formula is C11H24N2OS. The summed E-state index contributed by atoms with van der Waals surface area (Å²) >= 11 is 1.84. The predicted octanol–water partition coefficient (Wildman–Crippen LogP) is 1.49. The molecule has 90 valence electrons. The van der Waals surface area contributed by atoms with Crippen LogP contribution in [0.4, 0.5) is 0 Å². The van der Waals surface area contributed by atoms with Gasteiger partial charge in [0.15, 0.2) is 0 Å². The first-order valence-corrected chi connectivity index (χ1v) is 6.97. The van der Waals surface area contributed by atoms with Crippen LogP contribution in [0.1, 0.15) is 27.2 Å². The van der Waals surface area contributed by atoms with Gasteiger partial charge in [-0.1, -0.05) is 13.8 Å². The number of nitrogens with one attached hydrogen (secondary N) is 2. The van der Waals surface area contributed by atoms with Gasteiger partial charge in [-0.25, -0.2) is 0 Å². The summed E-state index contributed by atoms with van der Waals surface area (Å²) in [5, 5.41) is 6.13. The van der Waals surface area contributed by atoms with E-state index < -0.39 is 0 Å². The third kappa shape index (κ3) is 8.75. The average molecular weight is 232 g/mol. The number of hydrogen-bond acceptors (Lipinski definition) is 3. The lowest BCUT2D eigenvalue weighted by atomic mass is 10.2. The van der Waals surface area contributed by atoms with Crippen molar-refractivity contribution in [2.24, 2.45) is 5.92 Å². The highest BCUT2D eigenvalue weighted by molar-refractivity contribution is 7.98. The third-order valence-electron chi connectivity index (χ3n) is 2.05. The first kappa shape index (κ1) is 14.8. The Morgan fingerprint density at radius 3 is 2.53 bits per heavy atom. The van der Waals surface area contributed by atoms with Crippen LogP contribution in [-0.2, 0) is 4.79 Å². The Balaban J connectivity index is 3.51. The summed E-state index contributed by atoms with van der Waals surface area (Å²) in [6.07, 6.45) is 3.21. The molecule has 1 amide bonds. The van der Waals surface area contributed by atoms with Gasteiger partial charge in [0.25, 0.3) is 0 Å². The van der Waals surface area contributed by atoms with Crippen molar-refractivity contribution in [2.45, 2.75) is 33.2 Å². The van der Waals surface area contributed by atoms with Crippen molar-refractivity contribution in [1.82, 2.24) is 10.6 Å². The number of amides is 1. The van der Waals surface area contributed by atoms with E-state index in [-0.39, 0.29) is 11.9 Å². The Bertz CT molecular complexity index is 174. The summed E-state index contributed by atoms with van der Waals surface area (Å²) in [5.74, 6) is 1.76. The molecule has 0 heterocycles. The molecule has 0 aliphatic rings. The molecule has 1 unspecified atom stereocenters. The molecule has 0 saturated carbocycles. The van der Waals surface area contributed by atoms with Gasteiger partial charge in [0.2, 0.25) is 5.91 Å². The van der Waals surface area contributed by atoms with Gasteiger partial charge in [0.05, 0.1) is 6.04 Å². The molecule has 0 rings (SSSR count). The van der Waals surface area contributed by atoms with E-state index in [0.717, 1.165) is 25.3 Å². The van der Waals surface area contributed by atoms with Gasteiger partial charge >= 0.3 is 0 Å². The normalized spacial score (nSPS) is 12.9. The quantitative estimate of drug-likeness (QED) is 0.623. The molecule has 4 heteroatoms. The van der Waals surface area contributed by atoms with Crippen molar-refractivity contribution in [2.75, 3.05) is 25.1 Å². The van der Waals surface area contributed by atoms with Crippen LogP contribution in [0.3, 0.4) is 0 Å². The fraction of sp³-hybridized carbons (Fsp3) is 0.909. The number of thioether (sulfide) groups is 1. The highest BCUT2D eigenvalue weighted by Gasteiger charge is 2.10. The Morgan fingerprint density at radius 1 is 1.33 bits per heavy atom. The number of carbonyl (C=O) groups excluding carboxylic acids is 1. The summed E-state index contributed by atoms with van der Waals surface area (Å²) in [5.41, 5.74) is 0. The molecule has 0 aromatic rings. The molecule has 1 atom stereocenters. The molecule has 0 aromatic heterocycles. The van der Waals surface area contributed by atoms with Crippen molar-refractivity contribution in [3.63, 3.8) is 0 Å². The molecular weight excluding hydrogens is 208 g/mol. The minimum absolute atomic E-state index is 0.0781. The molecule has 0 aliphatic heterocycles. The summed E-state index contributed by atoms with van der Waals surface area (Å²) in [7, 11) is 0. The van der Waals surface area contributed by atoms with Gasteiger partial charge in [-0.05, 0) is 37.8 Å². The van der Waals surface area contributed by atoms with Crippen LogP contribution in [0.5, 0.6) is 0 Å². The molecule has 2 N–H and O–H groups in total. The summed E-state index contributed by atoms with van der Waals surface area (Å²) < 4.78 is 0. The fourth-order valence-electron chi connectivity index (χ4n) is 1.09. The maximum atomic E-state index is 11.5. The third-order valence-corrected chi connectivity index (χ3v) is 2.75. The van der Waals surface area contributed by atoms with Gasteiger partial charge in [-0.3, -0.25) is 4.79 Å². The smallest absolute Gasteiger partial charge is 0.236 e.